The van der Waals surface area contributed by atoms with E-state index >= 15 is 0 Å². The molecule has 0 unspecified atom stereocenters. The number of nitrogens with one attached hydrogen (secondary N) is 1. The van der Waals surface area contributed by atoms with Crippen LogP contribution in [0.2, 0.25) is 0 Å². The first-order chi connectivity index (χ1) is 24.6. The van der Waals surface area contributed by atoms with Crippen molar-refractivity contribution < 1.29 is 14.3 Å². The Bertz CT molecular complexity index is 1990. The average Bonchev–Trinajstić information content (AvgIpc) is 3.50. The third kappa shape index (κ3) is 6.66. The Labute approximate surface area is 297 Å². The van der Waals surface area contributed by atoms with Crippen molar-refractivity contribution in [2.45, 2.75) is 38.2 Å². The van der Waals surface area contributed by atoms with Crippen LogP contribution in [0.15, 0.2) is 131 Å². The Morgan fingerprint density at radius 1 is 0.780 bits per heavy atom. The van der Waals surface area contributed by atoms with Crippen molar-refractivity contribution >= 4 is 40.3 Å². The number of amides is 1. The van der Waals surface area contributed by atoms with Gasteiger partial charge in [-0.25, -0.2) is 4.99 Å². The molecule has 3 aliphatic heterocycles. The van der Waals surface area contributed by atoms with E-state index in [2.05, 4.69) is 83.0 Å². The fraction of sp³-hybridized carbons (Fsp3) is 0.209. The fourth-order valence-electron chi connectivity index (χ4n) is 7.39. The molecule has 6 nitrogen and oxygen atoms in total. The van der Waals surface area contributed by atoms with Crippen LogP contribution in [0.1, 0.15) is 65.0 Å². The second-order valence-electron chi connectivity index (χ2n) is 12.9. The minimum absolute atomic E-state index is 0.161. The molecule has 0 aliphatic carbocycles. The molecule has 0 spiro atoms. The number of aliphatic imine (C=N–C) groups is 1. The van der Waals surface area contributed by atoms with Crippen LogP contribution in [-0.2, 0) is 11.4 Å². The molecule has 5 aromatic carbocycles. The molecular weight excluding hydrogens is 639 g/mol. The maximum Gasteiger partial charge on any atom is 0.264 e. The Kier molecular flexibility index (Phi) is 9.14. The Hall–Kier alpha value is -5.27. The Morgan fingerprint density at radius 3 is 2.02 bits per heavy atom. The lowest BCUT2D eigenvalue weighted by molar-refractivity contribution is -0.115. The zero-order valence-corrected chi connectivity index (χ0v) is 28.9. The first kappa shape index (κ1) is 32.0. The van der Waals surface area contributed by atoms with Gasteiger partial charge in [-0.2, -0.15) is 0 Å². The standard InChI is InChI=1S/C43H39N3O3S/c1-2-48-39-24-30(18-19-38(39)49-28-29-12-6-3-7-13-29)25-40-42(47)45-43(50-40)44-33-26-36-34(31-14-8-4-9-15-31)20-22-46-23-21-35(37(27-33)41(36)46)32-16-10-5-11-17-32/h3-19,24-27,34-35H,2,20-23,28H2,1H3,(H,44,45,47)/b40-25-/t34-,35-/m1/s1. The topological polar surface area (TPSA) is 63.2 Å². The summed E-state index contributed by atoms with van der Waals surface area (Å²) in [5.41, 5.74) is 9.47. The molecular formula is C43H39N3O3S. The summed E-state index contributed by atoms with van der Waals surface area (Å²) in [6.07, 6.45) is 4.01. The summed E-state index contributed by atoms with van der Waals surface area (Å²) in [7, 11) is 0. The molecule has 0 bridgehead atoms. The zero-order chi connectivity index (χ0) is 33.9. The predicted molar refractivity (Wildman–Crippen MR) is 204 cm³/mol. The van der Waals surface area contributed by atoms with E-state index in [4.69, 9.17) is 14.5 Å². The molecule has 3 aliphatic rings. The van der Waals surface area contributed by atoms with Gasteiger partial charge in [0.1, 0.15) is 6.61 Å². The molecule has 1 saturated heterocycles. The molecule has 50 heavy (non-hydrogen) atoms. The van der Waals surface area contributed by atoms with Crippen LogP contribution in [0.5, 0.6) is 11.5 Å². The molecule has 7 heteroatoms. The van der Waals surface area contributed by atoms with Crippen LogP contribution >= 0.6 is 11.8 Å². The van der Waals surface area contributed by atoms with E-state index in [9.17, 15) is 4.79 Å². The first-order valence-corrected chi connectivity index (χ1v) is 18.2. The van der Waals surface area contributed by atoms with Gasteiger partial charge in [0, 0.05) is 30.6 Å². The molecule has 250 valence electrons. The van der Waals surface area contributed by atoms with Crippen molar-refractivity contribution in [3.8, 4) is 11.5 Å². The van der Waals surface area contributed by atoms with Gasteiger partial charge in [0.2, 0.25) is 0 Å². The summed E-state index contributed by atoms with van der Waals surface area (Å²) in [5, 5.41) is 3.61. The highest BCUT2D eigenvalue weighted by Crippen LogP contribution is 2.50. The van der Waals surface area contributed by atoms with Crippen molar-refractivity contribution in [3.63, 3.8) is 0 Å². The van der Waals surface area contributed by atoms with Crippen molar-refractivity contribution in [1.82, 2.24) is 5.32 Å². The van der Waals surface area contributed by atoms with E-state index < -0.39 is 0 Å². The minimum Gasteiger partial charge on any atom is -0.490 e. The molecule has 1 fully saturated rings. The van der Waals surface area contributed by atoms with Gasteiger partial charge in [-0.3, -0.25) is 4.79 Å². The number of anilines is 1. The van der Waals surface area contributed by atoms with Crippen LogP contribution in [-0.4, -0.2) is 30.8 Å². The van der Waals surface area contributed by atoms with E-state index in [-0.39, 0.29) is 17.7 Å². The van der Waals surface area contributed by atoms with E-state index in [1.165, 1.54) is 39.7 Å². The minimum atomic E-state index is -0.161. The molecule has 3 heterocycles. The SMILES string of the molecule is CCOc1cc(/C=C2\SC(=Nc3cc4c5c(c3)[C@@H](c3ccccc3)CCN5CC[C@@H]4c3ccccc3)NC2=O)ccc1OCc1ccccc1. The third-order valence-electron chi connectivity index (χ3n) is 9.68. The number of rotatable bonds is 9. The molecule has 8 rings (SSSR count). The number of thioether (sulfide) groups is 1. The smallest absolute Gasteiger partial charge is 0.264 e. The fourth-order valence-corrected chi connectivity index (χ4v) is 8.23. The highest BCUT2D eigenvalue weighted by Gasteiger charge is 2.35. The van der Waals surface area contributed by atoms with Crippen LogP contribution in [0, 0.1) is 0 Å². The summed E-state index contributed by atoms with van der Waals surface area (Å²) in [6, 6.07) is 42.0. The normalized spacial score (nSPS) is 19.7. The van der Waals surface area contributed by atoms with Crippen LogP contribution in [0.3, 0.4) is 0 Å². The number of nitrogens with zero attached hydrogens (tertiary/aromatic N) is 2. The molecule has 0 saturated carbocycles. The van der Waals surface area contributed by atoms with Gasteiger partial charge < -0.3 is 19.7 Å². The number of hydrogen-bond acceptors (Lipinski definition) is 6. The molecule has 1 amide bonds. The quantitative estimate of drug-likeness (QED) is 0.158. The van der Waals surface area contributed by atoms with E-state index in [0.717, 1.165) is 42.7 Å². The average molecular weight is 678 g/mol. The molecule has 5 aromatic rings. The number of ether oxygens (including phenoxy) is 2. The van der Waals surface area contributed by atoms with Crippen LogP contribution < -0.4 is 19.7 Å². The van der Waals surface area contributed by atoms with Gasteiger partial charge in [0.15, 0.2) is 16.7 Å². The monoisotopic (exact) mass is 677 g/mol. The summed E-state index contributed by atoms with van der Waals surface area (Å²) < 4.78 is 12.0. The summed E-state index contributed by atoms with van der Waals surface area (Å²) >= 11 is 1.37. The van der Waals surface area contributed by atoms with Crippen molar-refractivity contribution in [2.75, 3.05) is 24.6 Å². The van der Waals surface area contributed by atoms with Gasteiger partial charge in [-0.1, -0.05) is 97.1 Å². The summed E-state index contributed by atoms with van der Waals surface area (Å²) in [5.74, 6) is 1.73. The van der Waals surface area contributed by atoms with Crippen molar-refractivity contribution in [2.24, 2.45) is 4.99 Å². The lowest BCUT2D eigenvalue weighted by atomic mass is 9.76. The third-order valence-corrected chi connectivity index (χ3v) is 10.6. The highest BCUT2D eigenvalue weighted by molar-refractivity contribution is 8.18. The Balaban J connectivity index is 1.11. The second kappa shape index (κ2) is 14.3. The van der Waals surface area contributed by atoms with Crippen molar-refractivity contribution in [1.29, 1.82) is 0 Å². The van der Waals surface area contributed by atoms with E-state index in [0.29, 0.717) is 34.8 Å². The maximum absolute atomic E-state index is 13.3. The number of carbonyl (C=O) groups excluding carboxylic acids is 1. The molecule has 1 N–H and O–H groups in total. The molecule has 0 radical (unpaired) electrons. The number of benzene rings is 5. The van der Waals surface area contributed by atoms with Gasteiger partial charge in [0.25, 0.3) is 5.91 Å². The van der Waals surface area contributed by atoms with Gasteiger partial charge in [-0.05, 0) is 95.2 Å². The highest BCUT2D eigenvalue weighted by atomic mass is 32.2. The van der Waals surface area contributed by atoms with Gasteiger partial charge >= 0.3 is 0 Å². The van der Waals surface area contributed by atoms with E-state index in [1.54, 1.807) is 0 Å². The lowest BCUT2D eigenvalue weighted by Crippen LogP contribution is -2.37. The summed E-state index contributed by atoms with van der Waals surface area (Å²) in [6.45, 7) is 4.98. The number of carbonyl (C=O) groups is 1. The number of hydrogen-bond donors (Lipinski definition) is 1. The first-order valence-electron chi connectivity index (χ1n) is 17.4. The van der Waals surface area contributed by atoms with E-state index in [1.807, 2.05) is 61.5 Å². The zero-order valence-electron chi connectivity index (χ0n) is 28.0. The molecule has 0 aromatic heterocycles. The predicted octanol–water partition coefficient (Wildman–Crippen LogP) is 9.43. The van der Waals surface area contributed by atoms with Crippen LogP contribution in [0.25, 0.3) is 6.08 Å². The maximum atomic E-state index is 13.3. The number of amidine groups is 1. The lowest BCUT2D eigenvalue weighted by Gasteiger charge is -2.43. The van der Waals surface area contributed by atoms with Gasteiger partial charge in [-0.15, -0.1) is 0 Å². The van der Waals surface area contributed by atoms with Crippen LogP contribution in [0.4, 0.5) is 11.4 Å². The largest absolute Gasteiger partial charge is 0.490 e. The van der Waals surface area contributed by atoms with Gasteiger partial charge in [0.05, 0.1) is 17.2 Å². The second-order valence-corrected chi connectivity index (χ2v) is 13.9. The van der Waals surface area contributed by atoms with Crippen molar-refractivity contribution in [3.05, 3.63) is 160 Å². The Morgan fingerprint density at radius 2 is 1.40 bits per heavy atom. The summed E-state index contributed by atoms with van der Waals surface area (Å²) in [4.78, 5) is 21.5. The molecule has 2 atom stereocenters.